The Morgan fingerprint density at radius 1 is 1.16 bits per heavy atom. The van der Waals surface area contributed by atoms with Crippen LogP contribution in [0.5, 0.6) is 0 Å². The zero-order chi connectivity index (χ0) is 21.8. The molecular formula is C23H26FN5O2. The Balaban J connectivity index is 1.48. The number of carbonyl (C=O) groups excluding carboxylic acids is 1. The Labute approximate surface area is 180 Å². The molecule has 1 saturated heterocycles. The third-order valence-electron chi connectivity index (χ3n) is 5.46. The van der Waals surface area contributed by atoms with Crippen LogP contribution in [0.1, 0.15) is 24.4 Å². The van der Waals surface area contributed by atoms with E-state index < -0.39 is 0 Å². The smallest absolute Gasteiger partial charge is 0.258 e. The van der Waals surface area contributed by atoms with E-state index in [9.17, 15) is 9.18 Å². The van der Waals surface area contributed by atoms with Gasteiger partial charge in [0, 0.05) is 38.3 Å². The second kappa shape index (κ2) is 9.26. The van der Waals surface area contributed by atoms with Crippen molar-refractivity contribution in [3.63, 3.8) is 0 Å². The van der Waals surface area contributed by atoms with E-state index in [1.54, 1.807) is 19.1 Å². The van der Waals surface area contributed by atoms with Gasteiger partial charge >= 0.3 is 0 Å². The third kappa shape index (κ3) is 4.59. The van der Waals surface area contributed by atoms with Crippen LogP contribution >= 0.6 is 0 Å². The molecule has 2 aromatic carbocycles. The Morgan fingerprint density at radius 3 is 2.52 bits per heavy atom. The van der Waals surface area contributed by atoms with E-state index in [1.165, 1.54) is 6.07 Å². The van der Waals surface area contributed by atoms with Gasteiger partial charge in [0.15, 0.2) is 5.82 Å². The molecule has 1 unspecified atom stereocenters. The number of nitrogens with one attached hydrogen (secondary N) is 1. The first kappa shape index (κ1) is 21.0. The van der Waals surface area contributed by atoms with Crippen molar-refractivity contribution in [3.8, 4) is 11.5 Å². The molecule has 1 amide bonds. The van der Waals surface area contributed by atoms with E-state index >= 15 is 0 Å². The monoisotopic (exact) mass is 423 g/mol. The van der Waals surface area contributed by atoms with Crippen LogP contribution in [0.25, 0.3) is 11.5 Å². The number of benzene rings is 2. The number of halogens is 1. The molecule has 0 aliphatic carbocycles. The predicted molar refractivity (Wildman–Crippen MR) is 116 cm³/mol. The van der Waals surface area contributed by atoms with E-state index in [2.05, 4.69) is 20.4 Å². The van der Waals surface area contributed by atoms with Crippen molar-refractivity contribution in [1.82, 2.24) is 20.4 Å². The normalized spacial score (nSPS) is 15.6. The van der Waals surface area contributed by atoms with Crippen LogP contribution in [0.2, 0.25) is 0 Å². The van der Waals surface area contributed by atoms with Gasteiger partial charge in [0.05, 0.1) is 5.69 Å². The van der Waals surface area contributed by atoms with Crippen LogP contribution in [-0.2, 0) is 4.79 Å². The van der Waals surface area contributed by atoms with Crippen LogP contribution in [0.15, 0.2) is 53.1 Å². The lowest BCUT2D eigenvalue weighted by atomic mass is 10.0. The molecule has 31 heavy (non-hydrogen) atoms. The standard InChI is InChI=1S/C23H26FN5O2/c1-3-25-22(30)21(17-7-5-4-6-8-17)29-13-11-28(12-14-29)20-10-9-18(15-19(20)24)23-26-16(2)27-31-23/h4-10,15,21H,3,11-14H2,1-2H3,(H,25,30). The fraction of sp³-hybridized carbons (Fsp3) is 0.348. The van der Waals surface area contributed by atoms with Gasteiger partial charge in [-0.15, -0.1) is 0 Å². The molecule has 1 atom stereocenters. The molecule has 4 rings (SSSR count). The average Bonchev–Trinajstić information content (AvgIpc) is 3.22. The van der Waals surface area contributed by atoms with Gasteiger partial charge in [0.25, 0.3) is 5.89 Å². The van der Waals surface area contributed by atoms with Crippen LogP contribution in [0.3, 0.4) is 0 Å². The topological polar surface area (TPSA) is 74.5 Å². The summed E-state index contributed by atoms with van der Waals surface area (Å²) in [5, 5.41) is 6.70. The Morgan fingerprint density at radius 2 is 1.90 bits per heavy atom. The minimum atomic E-state index is -0.351. The Bertz CT molecular complexity index is 1030. The average molecular weight is 423 g/mol. The summed E-state index contributed by atoms with van der Waals surface area (Å²) < 4.78 is 20.0. The highest BCUT2D eigenvalue weighted by molar-refractivity contribution is 5.83. The fourth-order valence-electron chi connectivity index (χ4n) is 3.97. The molecule has 1 aliphatic heterocycles. The number of hydrogen-bond acceptors (Lipinski definition) is 6. The summed E-state index contributed by atoms with van der Waals surface area (Å²) in [7, 11) is 0. The molecule has 1 N–H and O–H groups in total. The van der Waals surface area contributed by atoms with E-state index in [1.807, 2.05) is 42.2 Å². The first-order valence-electron chi connectivity index (χ1n) is 10.5. The van der Waals surface area contributed by atoms with Crippen molar-refractivity contribution in [2.24, 2.45) is 0 Å². The molecule has 3 aromatic rings. The van der Waals surface area contributed by atoms with Crippen molar-refractivity contribution < 1.29 is 13.7 Å². The lowest BCUT2D eigenvalue weighted by Crippen LogP contribution is -2.51. The number of likely N-dealkylation sites (N-methyl/N-ethyl adjacent to an activating group) is 1. The molecule has 162 valence electrons. The Hall–Kier alpha value is -3.26. The molecule has 1 aliphatic rings. The SMILES string of the molecule is CCNC(=O)C(c1ccccc1)N1CCN(c2ccc(-c3nc(C)no3)cc2F)CC1. The zero-order valence-corrected chi connectivity index (χ0v) is 17.7. The van der Waals surface area contributed by atoms with Gasteiger partial charge in [-0.05, 0) is 37.6 Å². The highest BCUT2D eigenvalue weighted by atomic mass is 19.1. The largest absolute Gasteiger partial charge is 0.367 e. The van der Waals surface area contributed by atoms with E-state index in [4.69, 9.17) is 4.52 Å². The number of aromatic nitrogens is 2. The minimum absolute atomic E-state index is 0.00691. The quantitative estimate of drug-likeness (QED) is 0.656. The van der Waals surface area contributed by atoms with Crippen molar-refractivity contribution in [2.75, 3.05) is 37.6 Å². The van der Waals surface area contributed by atoms with Gasteiger partial charge in [-0.2, -0.15) is 4.98 Å². The number of piperazine rings is 1. The van der Waals surface area contributed by atoms with Gasteiger partial charge in [0.1, 0.15) is 11.9 Å². The molecule has 1 fully saturated rings. The molecule has 0 spiro atoms. The summed E-state index contributed by atoms with van der Waals surface area (Å²) >= 11 is 0. The van der Waals surface area contributed by atoms with Crippen molar-refractivity contribution >= 4 is 11.6 Å². The van der Waals surface area contributed by atoms with Gasteiger partial charge in [-0.1, -0.05) is 35.5 Å². The number of carbonyl (C=O) groups is 1. The lowest BCUT2D eigenvalue weighted by Gasteiger charge is -2.39. The van der Waals surface area contributed by atoms with Crippen molar-refractivity contribution in [2.45, 2.75) is 19.9 Å². The molecule has 1 aromatic heterocycles. The molecule has 8 heteroatoms. The maximum atomic E-state index is 14.9. The highest BCUT2D eigenvalue weighted by Crippen LogP contribution is 2.28. The summed E-state index contributed by atoms with van der Waals surface area (Å²) in [5.74, 6) is 0.480. The summed E-state index contributed by atoms with van der Waals surface area (Å²) in [6.45, 7) is 6.78. The second-order valence-electron chi connectivity index (χ2n) is 7.54. The summed E-state index contributed by atoms with van der Waals surface area (Å²) in [6, 6.07) is 14.4. The van der Waals surface area contributed by atoms with E-state index in [0.29, 0.717) is 55.7 Å². The highest BCUT2D eigenvalue weighted by Gasteiger charge is 2.30. The number of amides is 1. The van der Waals surface area contributed by atoms with Crippen molar-refractivity contribution in [3.05, 3.63) is 65.7 Å². The molecular weight excluding hydrogens is 397 g/mol. The third-order valence-corrected chi connectivity index (χ3v) is 5.46. The van der Waals surface area contributed by atoms with Crippen LogP contribution in [0, 0.1) is 12.7 Å². The van der Waals surface area contributed by atoms with Crippen LogP contribution < -0.4 is 10.2 Å². The van der Waals surface area contributed by atoms with Gasteiger partial charge in [-0.3, -0.25) is 9.69 Å². The van der Waals surface area contributed by atoms with Gasteiger partial charge in [-0.25, -0.2) is 4.39 Å². The molecule has 0 bridgehead atoms. The summed E-state index contributed by atoms with van der Waals surface area (Å²) in [5.41, 5.74) is 2.06. The predicted octanol–water partition coefficient (Wildman–Crippen LogP) is 3.18. The minimum Gasteiger partial charge on any atom is -0.367 e. The maximum absolute atomic E-state index is 14.9. The summed E-state index contributed by atoms with van der Waals surface area (Å²) in [6.07, 6.45) is 0. The number of anilines is 1. The molecule has 0 radical (unpaired) electrons. The second-order valence-corrected chi connectivity index (χ2v) is 7.54. The molecule has 7 nitrogen and oxygen atoms in total. The Kier molecular flexibility index (Phi) is 6.27. The van der Waals surface area contributed by atoms with Gasteiger partial charge in [0.2, 0.25) is 5.91 Å². The van der Waals surface area contributed by atoms with Crippen LogP contribution in [-0.4, -0.2) is 53.7 Å². The summed E-state index contributed by atoms with van der Waals surface area (Å²) in [4.78, 5) is 21.1. The number of aryl methyl sites for hydroxylation is 1. The van der Waals surface area contributed by atoms with Crippen LogP contribution in [0.4, 0.5) is 10.1 Å². The zero-order valence-electron chi connectivity index (χ0n) is 17.7. The van der Waals surface area contributed by atoms with Crippen molar-refractivity contribution in [1.29, 1.82) is 0 Å². The molecule has 0 saturated carbocycles. The first-order chi connectivity index (χ1) is 15.1. The van der Waals surface area contributed by atoms with E-state index in [0.717, 1.165) is 5.56 Å². The number of rotatable bonds is 6. The molecule has 2 heterocycles. The maximum Gasteiger partial charge on any atom is 0.258 e. The first-order valence-corrected chi connectivity index (χ1v) is 10.5. The van der Waals surface area contributed by atoms with Gasteiger partial charge < -0.3 is 14.7 Å². The lowest BCUT2D eigenvalue weighted by molar-refractivity contribution is -0.126. The fourth-order valence-corrected chi connectivity index (χ4v) is 3.97. The van der Waals surface area contributed by atoms with E-state index in [-0.39, 0.29) is 17.8 Å². The number of nitrogens with zero attached hydrogens (tertiary/aromatic N) is 4. The number of hydrogen-bond donors (Lipinski definition) is 1.